The van der Waals surface area contributed by atoms with Crippen LogP contribution in [0.1, 0.15) is 16.7 Å². The second kappa shape index (κ2) is 6.21. The van der Waals surface area contributed by atoms with Gasteiger partial charge in [-0.2, -0.15) is 0 Å². The Morgan fingerprint density at radius 3 is 2.86 bits per heavy atom. The van der Waals surface area contributed by atoms with E-state index < -0.39 is 5.54 Å². The number of amides is 1. The summed E-state index contributed by atoms with van der Waals surface area (Å²) in [5, 5.41) is 0. The van der Waals surface area contributed by atoms with Crippen LogP contribution >= 0.6 is 0 Å². The van der Waals surface area contributed by atoms with Crippen LogP contribution in [0, 0.1) is 0 Å². The molecule has 1 amide bonds. The van der Waals surface area contributed by atoms with E-state index in [1.165, 1.54) is 10.5 Å². The molecule has 2 heterocycles. The van der Waals surface area contributed by atoms with Gasteiger partial charge in [-0.15, -0.1) is 0 Å². The lowest BCUT2D eigenvalue weighted by Crippen LogP contribution is -2.41. The van der Waals surface area contributed by atoms with Crippen molar-refractivity contribution >= 4 is 17.9 Å². The van der Waals surface area contributed by atoms with E-state index in [0.717, 1.165) is 41.0 Å². The first-order chi connectivity index (χ1) is 14.0. The van der Waals surface area contributed by atoms with Gasteiger partial charge in [-0.3, -0.25) is 9.69 Å². The van der Waals surface area contributed by atoms with Gasteiger partial charge in [0.2, 0.25) is 0 Å². The lowest BCUT2D eigenvalue weighted by molar-refractivity contribution is -0.129. The van der Waals surface area contributed by atoms with Gasteiger partial charge in [0.25, 0.3) is 5.91 Å². The number of rotatable bonds is 2. The monoisotopic (exact) mass is 383 g/mol. The summed E-state index contributed by atoms with van der Waals surface area (Å²) < 4.78 is 5.64. The summed E-state index contributed by atoms with van der Waals surface area (Å²) in [6.45, 7) is 4.64. The number of carbonyl (C=O) groups excluding carboxylic acids is 1. The number of hydrogen-bond acceptors (Lipinski definition) is 4. The predicted octanol–water partition coefficient (Wildman–Crippen LogP) is 3.41. The molecule has 3 aliphatic rings. The highest BCUT2D eigenvalue weighted by atomic mass is 16.5. The maximum Gasteiger partial charge on any atom is 0.266 e. The summed E-state index contributed by atoms with van der Waals surface area (Å²) in [5.74, 6) is 0.972. The standard InChI is InChI=1S/C24H21N3O2/c1-3-19-6-4-5-15-11-18(16-7-8-21-17(13-16)9-10-29-21)14-20(12-15)24(19)22(28)27(2)23(25)26-24/h3-8,11-14H,1,9-10H2,2H3,(H2,25,26)/b5-4-,19-6+. The zero-order valence-corrected chi connectivity index (χ0v) is 16.2. The number of nitrogens with zero attached hydrogens (tertiary/aromatic N) is 2. The number of nitrogens with two attached hydrogens (primary N) is 1. The van der Waals surface area contributed by atoms with Gasteiger partial charge in [-0.1, -0.05) is 36.9 Å². The minimum Gasteiger partial charge on any atom is -0.493 e. The highest BCUT2D eigenvalue weighted by molar-refractivity contribution is 6.09. The number of carbonyl (C=O) groups is 1. The molecular formula is C24H21N3O2. The molecule has 0 saturated heterocycles. The molecule has 1 unspecified atom stereocenters. The van der Waals surface area contributed by atoms with Crippen LogP contribution in [-0.4, -0.2) is 30.4 Å². The van der Waals surface area contributed by atoms with E-state index in [1.807, 2.05) is 36.4 Å². The molecule has 1 aliphatic carbocycles. The molecular weight excluding hydrogens is 362 g/mol. The maximum atomic E-state index is 13.3. The van der Waals surface area contributed by atoms with E-state index in [9.17, 15) is 4.79 Å². The van der Waals surface area contributed by atoms with Crippen LogP contribution in [0.2, 0.25) is 0 Å². The summed E-state index contributed by atoms with van der Waals surface area (Å²) in [5.41, 5.74) is 10.7. The molecule has 2 bridgehead atoms. The molecule has 5 nitrogen and oxygen atoms in total. The number of likely N-dealkylation sites (N-methyl/N-ethyl adjacent to an activating group) is 1. The van der Waals surface area contributed by atoms with E-state index >= 15 is 0 Å². The smallest absolute Gasteiger partial charge is 0.266 e. The molecule has 1 spiro atoms. The molecule has 2 aromatic rings. The molecule has 0 fully saturated rings. The van der Waals surface area contributed by atoms with Crippen LogP contribution in [0.5, 0.6) is 5.75 Å². The Hall–Kier alpha value is -3.60. The number of hydrogen-bond donors (Lipinski definition) is 1. The summed E-state index contributed by atoms with van der Waals surface area (Å²) >= 11 is 0. The van der Waals surface area contributed by atoms with Gasteiger partial charge in [0.05, 0.1) is 6.61 Å². The highest BCUT2D eigenvalue weighted by Gasteiger charge is 2.50. The second-order valence-corrected chi connectivity index (χ2v) is 7.49. The fourth-order valence-electron chi connectivity index (χ4n) is 4.27. The van der Waals surface area contributed by atoms with Crippen molar-refractivity contribution in [3.05, 3.63) is 83.5 Å². The van der Waals surface area contributed by atoms with Crippen molar-refractivity contribution in [1.82, 2.24) is 4.90 Å². The van der Waals surface area contributed by atoms with Crippen LogP contribution in [0.15, 0.2) is 71.8 Å². The molecule has 2 aromatic carbocycles. The fourth-order valence-corrected chi connectivity index (χ4v) is 4.27. The van der Waals surface area contributed by atoms with Crippen molar-refractivity contribution in [3.63, 3.8) is 0 Å². The zero-order chi connectivity index (χ0) is 20.2. The first kappa shape index (κ1) is 17.5. The number of allylic oxidation sites excluding steroid dienone is 2. The zero-order valence-electron chi connectivity index (χ0n) is 16.2. The Labute approximate surface area is 169 Å². The molecule has 2 aliphatic heterocycles. The van der Waals surface area contributed by atoms with Gasteiger partial charge in [0.15, 0.2) is 11.5 Å². The van der Waals surface area contributed by atoms with Crippen molar-refractivity contribution < 1.29 is 9.53 Å². The predicted molar refractivity (Wildman–Crippen MR) is 114 cm³/mol. The summed E-state index contributed by atoms with van der Waals surface area (Å²) in [7, 11) is 1.65. The molecule has 5 rings (SSSR count). The van der Waals surface area contributed by atoms with Crippen LogP contribution in [0.4, 0.5) is 0 Å². The van der Waals surface area contributed by atoms with E-state index in [1.54, 1.807) is 13.1 Å². The molecule has 5 heteroatoms. The van der Waals surface area contributed by atoms with Gasteiger partial charge in [0.1, 0.15) is 5.75 Å². The van der Waals surface area contributed by atoms with Gasteiger partial charge in [0, 0.05) is 13.5 Å². The Kier molecular flexibility index (Phi) is 3.74. The first-order valence-corrected chi connectivity index (χ1v) is 9.59. The maximum absolute atomic E-state index is 13.3. The van der Waals surface area contributed by atoms with Crippen LogP contribution < -0.4 is 10.5 Å². The van der Waals surface area contributed by atoms with Crippen molar-refractivity contribution in [1.29, 1.82) is 0 Å². The molecule has 29 heavy (non-hydrogen) atoms. The van der Waals surface area contributed by atoms with Gasteiger partial charge in [-0.05, 0) is 63.7 Å². The van der Waals surface area contributed by atoms with Gasteiger partial charge >= 0.3 is 0 Å². The second-order valence-electron chi connectivity index (χ2n) is 7.49. The number of benzene rings is 2. The molecule has 0 saturated carbocycles. The van der Waals surface area contributed by atoms with Crippen molar-refractivity contribution in [2.45, 2.75) is 12.0 Å². The lowest BCUT2D eigenvalue weighted by atomic mass is 9.79. The average Bonchev–Trinajstić information content (AvgIpc) is 3.29. The summed E-state index contributed by atoms with van der Waals surface area (Å²) in [4.78, 5) is 19.4. The number of guanidine groups is 1. The molecule has 0 aromatic heterocycles. The minimum atomic E-state index is -1.21. The van der Waals surface area contributed by atoms with Crippen LogP contribution in [-0.2, 0) is 16.8 Å². The Balaban J connectivity index is 1.74. The molecule has 1 atom stereocenters. The van der Waals surface area contributed by atoms with Crippen LogP contribution in [0.3, 0.4) is 0 Å². The summed E-state index contributed by atoms with van der Waals surface area (Å²) in [6, 6.07) is 12.4. The highest BCUT2D eigenvalue weighted by Crippen LogP contribution is 2.43. The lowest BCUT2D eigenvalue weighted by Gasteiger charge is -2.28. The van der Waals surface area contributed by atoms with Crippen molar-refractivity contribution in [2.75, 3.05) is 13.7 Å². The van der Waals surface area contributed by atoms with Gasteiger partial charge in [-0.25, -0.2) is 4.99 Å². The van der Waals surface area contributed by atoms with Crippen LogP contribution in [0.25, 0.3) is 17.2 Å². The van der Waals surface area contributed by atoms with E-state index in [4.69, 9.17) is 10.5 Å². The molecule has 0 radical (unpaired) electrons. The SMILES string of the molecule is C=C/C1=C\C=C/c2cc(-c3ccc4c(c3)CCO4)cc(c2)C12N=C(N)N(C)C2=O. The third-order valence-corrected chi connectivity index (χ3v) is 5.84. The first-order valence-electron chi connectivity index (χ1n) is 9.59. The third-order valence-electron chi connectivity index (χ3n) is 5.84. The normalized spacial score (nSPS) is 24.9. The minimum absolute atomic E-state index is 0.179. The van der Waals surface area contributed by atoms with Crippen molar-refractivity contribution in [3.8, 4) is 16.9 Å². The van der Waals surface area contributed by atoms with E-state index in [0.29, 0.717) is 5.57 Å². The van der Waals surface area contributed by atoms with E-state index in [2.05, 4.69) is 29.8 Å². The molecule has 2 N–H and O–H groups in total. The Morgan fingerprint density at radius 2 is 2.10 bits per heavy atom. The average molecular weight is 383 g/mol. The fraction of sp³-hybridized carbons (Fsp3) is 0.167. The third kappa shape index (κ3) is 2.47. The Morgan fingerprint density at radius 1 is 1.24 bits per heavy atom. The number of fused-ring (bicyclic) bond motifs is 4. The van der Waals surface area contributed by atoms with E-state index in [-0.39, 0.29) is 11.9 Å². The number of ether oxygens (including phenoxy) is 1. The topological polar surface area (TPSA) is 67.9 Å². The summed E-state index contributed by atoms with van der Waals surface area (Å²) in [6.07, 6.45) is 8.42. The largest absolute Gasteiger partial charge is 0.493 e. The van der Waals surface area contributed by atoms with Gasteiger partial charge < -0.3 is 10.5 Å². The molecule has 144 valence electrons. The Bertz CT molecular complexity index is 1160. The number of aliphatic imine (C=N–C) groups is 1. The van der Waals surface area contributed by atoms with Crippen molar-refractivity contribution in [2.24, 2.45) is 10.7 Å². The quantitative estimate of drug-likeness (QED) is 0.864.